The first-order chi connectivity index (χ1) is 20.9. The maximum atomic E-state index is 13.4. The Morgan fingerprint density at radius 2 is 1.74 bits per heavy atom. The molecule has 0 radical (unpaired) electrons. The van der Waals surface area contributed by atoms with E-state index in [0.29, 0.717) is 64.1 Å². The fourth-order valence-corrected chi connectivity index (χ4v) is 5.63. The predicted molar refractivity (Wildman–Crippen MR) is 162 cm³/mol. The van der Waals surface area contributed by atoms with Crippen molar-refractivity contribution in [3.05, 3.63) is 82.2 Å². The quantitative estimate of drug-likeness (QED) is 0.219. The summed E-state index contributed by atoms with van der Waals surface area (Å²) in [7, 11) is 1.57. The van der Waals surface area contributed by atoms with Crippen LogP contribution in [0.25, 0.3) is 16.6 Å². The molecule has 43 heavy (non-hydrogen) atoms. The molecule has 1 amide bonds. The summed E-state index contributed by atoms with van der Waals surface area (Å²) >= 11 is 0. The van der Waals surface area contributed by atoms with Crippen LogP contribution in [0, 0.1) is 12.7 Å². The number of hydrogen-bond acceptors (Lipinski definition) is 7. The molecule has 3 aromatic carbocycles. The van der Waals surface area contributed by atoms with Crippen molar-refractivity contribution >= 4 is 28.7 Å². The van der Waals surface area contributed by atoms with Gasteiger partial charge in [0.1, 0.15) is 17.4 Å². The van der Waals surface area contributed by atoms with Gasteiger partial charge in [-0.05, 0) is 87.6 Å². The summed E-state index contributed by atoms with van der Waals surface area (Å²) < 4.78 is 32.4. The second kappa shape index (κ2) is 12.2. The molecule has 10 heteroatoms. The van der Waals surface area contributed by atoms with Gasteiger partial charge in [0.05, 0.1) is 54.2 Å². The Hall–Kier alpha value is -4.73. The van der Waals surface area contributed by atoms with Crippen molar-refractivity contribution in [1.82, 2.24) is 14.5 Å². The first kappa shape index (κ1) is 28.4. The van der Waals surface area contributed by atoms with E-state index in [-0.39, 0.29) is 23.3 Å². The van der Waals surface area contributed by atoms with Gasteiger partial charge in [-0.15, -0.1) is 0 Å². The number of halogens is 1. The predicted octanol–water partition coefficient (Wildman–Crippen LogP) is 5.79. The van der Waals surface area contributed by atoms with Gasteiger partial charge in [-0.2, -0.15) is 0 Å². The number of fused-ring (bicyclic) bond motifs is 3. The number of unbranched alkanes of at least 4 members (excludes halogenated alkanes) is 2. The largest absolute Gasteiger partial charge is 0.494 e. The number of hydrogen-bond donors (Lipinski definition) is 0. The lowest BCUT2D eigenvalue weighted by atomic mass is 10.1. The average molecular weight is 585 g/mol. The fourth-order valence-electron chi connectivity index (χ4n) is 5.63. The molecule has 3 heterocycles. The highest BCUT2D eigenvalue weighted by atomic mass is 19.1. The molecule has 6 rings (SSSR count). The third-order valence-corrected chi connectivity index (χ3v) is 7.87. The molecule has 222 valence electrons. The molecular weight excluding hydrogens is 551 g/mol. The second-order valence-corrected chi connectivity index (χ2v) is 10.7. The Labute approximate surface area is 248 Å². The lowest BCUT2D eigenvalue weighted by Crippen LogP contribution is -2.35. The molecule has 1 aromatic heterocycles. The first-order valence-corrected chi connectivity index (χ1v) is 14.5. The van der Waals surface area contributed by atoms with Crippen LogP contribution in [0.3, 0.4) is 0 Å². The van der Waals surface area contributed by atoms with Gasteiger partial charge in [-0.25, -0.2) is 9.37 Å². The zero-order valence-electron chi connectivity index (χ0n) is 24.2. The summed E-state index contributed by atoms with van der Waals surface area (Å²) in [5.74, 6) is 1.80. The molecule has 1 atom stereocenters. The summed E-state index contributed by atoms with van der Waals surface area (Å²) in [6.45, 7) is 3.45. The van der Waals surface area contributed by atoms with Crippen LogP contribution < -0.4 is 19.8 Å². The Morgan fingerprint density at radius 1 is 0.953 bits per heavy atom. The molecule has 0 N–H and O–H groups in total. The Bertz CT molecular complexity index is 1750. The maximum Gasteiger partial charge on any atom is 0.266 e. The fraction of sp³-hybridized carbons (Fsp3) is 0.333. The van der Waals surface area contributed by atoms with E-state index < -0.39 is 0 Å². The van der Waals surface area contributed by atoms with Gasteiger partial charge in [-0.3, -0.25) is 19.1 Å². The van der Waals surface area contributed by atoms with Crippen LogP contribution >= 0.6 is 0 Å². The number of methoxy groups -OCH3 is 1. The number of aromatic nitrogens is 2. The summed E-state index contributed by atoms with van der Waals surface area (Å²) in [4.78, 5) is 37.3. The molecule has 4 aromatic rings. The Balaban J connectivity index is 1.03. The minimum absolute atomic E-state index is 0.0174. The number of carbonyl (C=O) groups excluding carboxylic acids is 1. The number of nitrogens with zero attached hydrogens (tertiary/aromatic N) is 4. The van der Waals surface area contributed by atoms with Gasteiger partial charge in [0, 0.05) is 18.8 Å². The van der Waals surface area contributed by atoms with Crippen LogP contribution in [0.4, 0.5) is 10.1 Å². The second-order valence-electron chi connectivity index (χ2n) is 10.7. The van der Waals surface area contributed by atoms with Crippen molar-refractivity contribution in [2.45, 2.75) is 45.1 Å². The van der Waals surface area contributed by atoms with Crippen molar-refractivity contribution in [2.24, 2.45) is 4.99 Å². The van der Waals surface area contributed by atoms with Crippen LogP contribution in [-0.2, 0) is 0 Å². The minimum Gasteiger partial charge on any atom is -0.494 e. The van der Waals surface area contributed by atoms with E-state index in [0.717, 1.165) is 38.6 Å². The lowest BCUT2D eigenvalue weighted by molar-refractivity contribution is 0.0774. The third kappa shape index (κ3) is 5.82. The molecule has 0 unspecified atom stereocenters. The van der Waals surface area contributed by atoms with E-state index in [2.05, 4.69) is 9.98 Å². The summed E-state index contributed by atoms with van der Waals surface area (Å²) in [5, 5.41) is 0.432. The minimum atomic E-state index is -0.369. The number of aryl methyl sites for hydroxylation is 1. The first-order valence-electron chi connectivity index (χ1n) is 14.5. The van der Waals surface area contributed by atoms with Gasteiger partial charge in [0.15, 0.2) is 11.5 Å². The standard InChI is InChI=1S/C33H33FN4O5/c1-21-36-28-13-12-25(17-26(28)33(40)38(21)23-10-8-22(34)9-11-23)42-15-4-3-5-16-43-31-19-29-27(18-30(31)41-2)32(39)37-14-6-7-24(37)20-35-29/h8-13,17-20,24H,3-7,14-16H2,1-2H3/t24-/m0/s1. The molecule has 0 saturated carbocycles. The molecule has 0 bridgehead atoms. The van der Waals surface area contributed by atoms with E-state index in [1.54, 1.807) is 50.4 Å². The van der Waals surface area contributed by atoms with Crippen LogP contribution in [0.15, 0.2) is 64.4 Å². The molecule has 0 spiro atoms. The Morgan fingerprint density at radius 3 is 2.53 bits per heavy atom. The molecule has 1 saturated heterocycles. The summed E-state index contributed by atoms with van der Waals surface area (Å²) in [5.41, 5.74) is 2.04. The zero-order chi connectivity index (χ0) is 29.9. The normalized spacial score (nSPS) is 15.7. The molecular formula is C33H33FN4O5. The van der Waals surface area contributed by atoms with Crippen molar-refractivity contribution in [2.75, 3.05) is 26.9 Å². The van der Waals surface area contributed by atoms with Crippen LogP contribution in [0.2, 0.25) is 0 Å². The number of ether oxygens (including phenoxy) is 3. The SMILES string of the molecule is COc1cc2c(cc1OCCCCCOc1ccc3nc(C)n(-c4ccc(F)cc4)c(=O)c3c1)N=C[C@@H]1CCCN1C2=O. The molecule has 9 nitrogen and oxygen atoms in total. The number of rotatable bonds is 10. The zero-order valence-corrected chi connectivity index (χ0v) is 24.2. The lowest BCUT2D eigenvalue weighted by Gasteiger charge is -2.20. The summed E-state index contributed by atoms with van der Waals surface area (Å²) in [6.07, 6.45) is 6.24. The van der Waals surface area contributed by atoms with Crippen molar-refractivity contribution < 1.29 is 23.4 Å². The van der Waals surface area contributed by atoms with E-state index in [9.17, 15) is 14.0 Å². The molecule has 2 aliphatic heterocycles. The van der Waals surface area contributed by atoms with Crippen molar-refractivity contribution in [1.29, 1.82) is 0 Å². The molecule has 2 aliphatic rings. The molecule has 0 aliphatic carbocycles. The number of amides is 1. The van der Waals surface area contributed by atoms with Crippen molar-refractivity contribution in [3.8, 4) is 22.9 Å². The van der Waals surface area contributed by atoms with Gasteiger partial charge < -0.3 is 19.1 Å². The van der Waals surface area contributed by atoms with Gasteiger partial charge in [0.2, 0.25) is 0 Å². The van der Waals surface area contributed by atoms with Crippen molar-refractivity contribution in [3.63, 3.8) is 0 Å². The smallest absolute Gasteiger partial charge is 0.266 e. The Kier molecular flexibility index (Phi) is 8.09. The number of benzene rings is 3. The molecule has 1 fully saturated rings. The topological polar surface area (TPSA) is 95.2 Å². The van der Waals surface area contributed by atoms with Crippen LogP contribution in [0.5, 0.6) is 17.2 Å². The third-order valence-electron chi connectivity index (χ3n) is 7.87. The summed E-state index contributed by atoms with van der Waals surface area (Å²) in [6, 6.07) is 14.6. The maximum absolute atomic E-state index is 13.4. The van der Waals surface area contributed by atoms with E-state index in [1.807, 2.05) is 17.2 Å². The van der Waals surface area contributed by atoms with Crippen LogP contribution in [0.1, 0.15) is 48.3 Å². The van der Waals surface area contributed by atoms with E-state index in [1.165, 1.54) is 16.7 Å². The highest BCUT2D eigenvalue weighted by Crippen LogP contribution is 2.38. The van der Waals surface area contributed by atoms with Gasteiger partial charge in [0.25, 0.3) is 11.5 Å². The highest BCUT2D eigenvalue weighted by molar-refractivity contribution is 6.03. The number of carbonyl (C=O) groups is 1. The monoisotopic (exact) mass is 584 g/mol. The number of aliphatic imine (C=N–C) groups is 1. The highest BCUT2D eigenvalue weighted by Gasteiger charge is 2.32. The van der Waals surface area contributed by atoms with Gasteiger partial charge >= 0.3 is 0 Å². The average Bonchev–Trinajstić information content (AvgIpc) is 3.44. The van der Waals surface area contributed by atoms with E-state index in [4.69, 9.17) is 14.2 Å². The van der Waals surface area contributed by atoms with Crippen LogP contribution in [-0.4, -0.2) is 59.5 Å². The van der Waals surface area contributed by atoms with Gasteiger partial charge in [-0.1, -0.05) is 0 Å². The van der Waals surface area contributed by atoms with E-state index >= 15 is 0 Å².